The molecule has 0 spiro atoms. The zero-order valence-corrected chi connectivity index (χ0v) is 12.7. The minimum Gasteiger partial charge on any atom is -0.330 e. The minimum atomic E-state index is -3.48. The molecule has 0 bridgehead atoms. The first kappa shape index (κ1) is 13.9. The maximum atomic E-state index is 12.7. The lowest BCUT2D eigenvalue weighted by Crippen LogP contribution is -2.41. The number of piperidine rings is 1. The molecule has 3 rings (SSSR count). The summed E-state index contributed by atoms with van der Waals surface area (Å²) >= 11 is 1.23. The van der Waals surface area contributed by atoms with E-state index in [0.717, 1.165) is 23.1 Å². The molecule has 1 aromatic heterocycles. The van der Waals surface area contributed by atoms with Crippen LogP contribution in [-0.4, -0.2) is 37.3 Å². The lowest BCUT2D eigenvalue weighted by atomic mass is 10.0. The molecule has 1 aliphatic heterocycles. The first-order chi connectivity index (χ1) is 9.61. The van der Waals surface area contributed by atoms with Crippen LogP contribution in [0.2, 0.25) is 0 Å². The third-order valence-electron chi connectivity index (χ3n) is 3.65. The fourth-order valence-corrected chi connectivity index (χ4v) is 5.42. The topological polar surface area (TPSA) is 76.3 Å². The molecule has 1 atom stereocenters. The molecule has 7 heteroatoms. The number of fused-ring (bicyclic) bond motifs is 1. The summed E-state index contributed by atoms with van der Waals surface area (Å²) in [6.07, 6.45) is 1.87. The van der Waals surface area contributed by atoms with Crippen LogP contribution in [0, 0.1) is 5.92 Å². The fraction of sp³-hybridized carbons (Fsp3) is 0.462. The minimum absolute atomic E-state index is 0.191. The second-order valence-electron chi connectivity index (χ2n) is 5.05. The molecule has 0 radical (unpaired) electrons. The summed E-state index contributed by atoms with van der Waals surface area (Å²) in [5.74, 6) is 0.257. The van der Waals surface area contributed by atoms with E-state index in [1.54, 1.807) is 0 Å². The fourth-order valence-electron chi connectivity index (χ4n) is 2.51. The lowest BCUT2D eigenvalue weighted by molar-refractivity contribution is 0.271. The molecule has 1 unspecified atom stereocenters. The average molecular weight is 311 g/mol. The van der Waals surface area contributed by atoms with E-state index in [-0.39, 0.29) is 10.3 Å². The van der Waals surface area contributed by atoms with Crippen LogP contribution in [0.4, 0.5) is 0 Å². The molecule has 1 aliphatic rings. The van der Waals surface area contributed by atoms with Crippen LogP contribution in [0.5, 0.6) is 0 Å². The van der Waals surface area contributed by atoms with Crippen LogP contribution in [0.3, 0.4) is 0 Å². The highest BCUT2D eigenvalue weighted by Crippen LogP contribution is 2.29. The Balaban J connectivity index is 1.94. The number of rotatable bonds is 3. The van der Waals surface area contributed by atoms with Gasteiger partial charge in [0.2, 0.25) is 4.34 Å². The molecule has 2 N–H and O–H groups in total. The Hall–Kier alpha value is -1.02. The number of para-hydroxylation sites is 1. The summed E-state index contributed by atoms with van der Waals surface area (Å²) in [6.45, 7) is 1.61. The summed E-state index contributed by atoms with van der Waals surface area (Å²) < 4.78 is 27.9. The van der Waals surface area contributed by atoms with Crippen molar-refractivity contribution in [1.29, 1.82) is 0 Å². The third kappa shape index (κ3) is 2.46. The van der Waals surface area contributed by atoms with Crippen molar-refractivity contribution < 1.29 is 8.42 Å². The predicted molar refractivity (Wildman–Crippen MR) is 80.2 cm³/mol. The molecule has 0 saturated carbocycles. The van der Waals surface area contributed by atoms with Crippen LogP contribution in [0.1, 0.15) is 12.8 Å². The smallest absolute Gasteiger partial charge is 0.270 e. The summed E-state index contributed by atoms with van der Waals surface area (Å²) in [5, 5.41) is 0. The molecule has 0 aliphatic carbocycles. The van der Waals surface area contributed by atoms with Crippen LogP contribution >= 0.6 is 11.3 Å². The van der Waals surface area contributed by atoms with Gasteiger partial charge in [0.05, 0.1) is 10.2 Å². The van der Waals surface area contributed by atoms with Crippen molar-refractivity contribution in [3.8, 4) is 0 Å². The molecule has 20 heavy (non-hydrogen) atoms. The van der Waals surface area contributed by atoms with Gasteiger partial charge in [-0.15, -0.1) is 11.3 Å². The van der Waals surface area contributed by atoms with Crippen molar-refractivity contribution in [3.63, 3.8) is 0 Å². The van der Waals surface area contributed by atoms with Gasteiger partial charge in [-0.1, -0.05) is 12.1 Å². The molecule has 2 heterocycles. The summed E-state index contributed by atoms with van der Waals surface area (Å²) in [7, 11) is -3.48. The van der Waals surface area contributed by atoms with E-state index in [1.807, 2.05) is 24.3 Å². The number of aromatic nitrogens is 1. The molecule has 1 fully saturated rings. The predicted octanol–water partition coefficient (Wildman–Crippen LogP) is 1.66. The largest absolute Gasteiger partial charge is 0.330 e. The van der Waals surface area contributed by atoms with Crippen molar-refractivity contribution in [2.24, 2.45) is 11.7 Å². The Bertz CT molecular complexity index is 678. The number of nitrogens with zero attached hydrogens (tertiary/aromatic N) is 2. The van der Waals surface area contributed by atoms with Crippen LogP contribution in [0.15, 0.2) is 28.6 Å². The molecule has 108 valence electrons. The van der Waals surface area contributed by atoms with Crippen molar-refractivity contribution in [1.82, 2.24) is 9.29 Å². The maximum Gasteiger partial charge on any atom is 0.270 e. The van der Waals surface area contributed by atoms with Gasteiger partial charge in [0.1, 0.15) is 0 Å². The Kier molecular flexibility index (Phi) is 3.76. The van der Waals surface area contributed by atoms with Gasteiger partial charge >= 0.3 is 0 Å². The first-order valence-electron chi connectivity index (χ1n) is 6.67. The van der Waals surface area contributed by atoms with E-state index in [9.17, 15) is 8.42 Å². The van der Waals surface area contributed by atoms with Gasteiger partial charge in [0.15, 0.2) is 0 Å². The highest BCUT2D eigenvalue weighted by Gasteiger charge is 2.32. The van der Waals surface area contributed by atoms with Gasteiger partial charge in [-0.05, 0) is 37.4 Å². The zero-order valence-electron chi connectivity index (χ0n) is 11.0. The van der Waals surface area contributed by atoms with Crippen LogP contribution < -0.4 is 5.73 Å². The number of hydrogen-bond donors (Lipinski definition) is 1. The summed E-state index contributed by atoms with van der Waals surface area (Å²) in [4.78, 5) is 4.27. The number of thiazole rings is 1. The van der Waals surface area contributed by atoms with E-state index in [0.29, 0.717) is 19.6 Å². The molecule has 2 aromatic rings. The molecule has 5 nitrogen and oxygen atoms in total. The Morgan fingerprint density at radius 3 is 2.95 bits per heavy atom. The summed E-state index contributed by atoms with van der Waals surface area (Å²) in [6, 6.07) is 7.49. The van der Waals surface area contributed by atoms with E-state index < -0.39 is 10.0 Å². The van der Waals surface area contributed by atoms with Crippen molar-refractivity contribution >= 4 is 31.6 Å². The van der Waals surface area contributed by atoms with Crippen molar-refractivity contribution in [3.05, 3.63) is 24.3 Å². The SMILES string of the molecule is NCC1CCCN(S(=O)(=O)c2nc3ccccc3s2)C1. The second-order valence-corrected chi connectivity index (χ2v) is 8.20. The van der Waals surface area contributed by atoms with Gasteiger partial charge in [0, 0.05) is 13.1 Å². The number of hydrogen-bond acceptors (Lipinski definition) is 5. The molecule has 0 amide bonds. The van der Waals surface area contributed by atoms with Crippen LogP contribution in [-0.2, 0) is 10.0 Å². The maximum absolute atomic E-state index is 12.7. The van der Waals surface area contributed by atoms with E-state index >= 15 is 0 Å². The zero-order chi connectivity index (χ0) is 14.2. The quantitative estimate of drug-likeness (QED) is 0.935. The Labute approximate surface area is 122 Å². The van der Waals surface area contributed by atoms with Crippen molar-refractivity contribution in [2.45, 2.75) is 17.2 Å². The van der Waals surface area contributed by atoms with E-state index in [4.69, 9.17) is 5.73 Å². The molecular weight excluding hydrogens is 294 g/mol. The van der Waals surface area contributed by atoms with Gasteiger partial charge in [-0.25, -0.2) is 13.4 Å². The molecule has 1 aromatic carbocycles. The number of nitrogens with two attached hydrogens (primary N) is 1. The van der Waals surface area contributed by atoms with Gasteiger partial charge in [0.25, 0.3) is 10.0 Å². The first-order valence-corrected chi connectivity index (χ1v) is 8.92. The standard InChI is InChI=1S/C13H17N3O2S2/c14-8-10-4-3-7-16(9-10)20(17,18)13-15-11-5-1-2-6-12(11)19-13/h1-2,5-6,10H,3-4,7-9,14H2. The number of benzene rings is 1. The third-order valence-corrected chi connectivity index (χ3v) is 6.91. The monoisotopic (exact) mass is 311 g/mol. The van der Waals surface area contributed by atoms with Crippen molar-refractivity contribution in [2.75, 3.05) is 19.6 Å². The summed E-state index contributed by atoms with van der Waals surface area (Å²) in [5.41, 5.74) is 6.41. The van der Waals surface area contributed by atoms with Crippen LogP contribution in [0.25, 0.3) is 10.2 Å². The van der Waals surface area contributed by atoms with Gasteiger partial charge in [-0.3, -0.25) is 0 Å². The van der Waals surface area contributed by atoms with E-state index in [2.05, 4.69) is 4.98 Å². The second kappa shape index (κ2) is 5.40. The number of sulfonamides is 1. The Morgan fingerprint density at radius 1 is 1.40 bits per heavy atom. The Morgan fingerprint density at radius 2 is 2.20 bits per heavy atom. The molecular formula is C13H17N3O2S2. The van der Waals surface area contributed by atoms with Gasteiger partial charge in [-0.2, -0.15) is 4.31 Å². The molecule has 1 saturated heterocycles. The normalized spacial score (nSPS) is 21.4. The lowest BCUT2D eigenvalue weighted by Gasteiger charge is -2.30. The average Bonchev–Trinajstić information content (AvgIpc) is 2.92. The highest BCUT2D eigenvalue weighted by molar-refractivity contribution is 7.91. The van der Waals surface area contributed by atoms with Gasteiger partial charge < -0.3 is 5.73 Å². The highest BCUT2D eigenvalue weighted by atomic mass is 32.2. The van der Waals surface area contributed by atoms with E-state index in [1.165, 1.54) is 15.6 Å².